The SMILES string of the molecule is CN(CC1(c2ccccc2)CC1)c1ncccc1C(=O)N1CCCCC1. The van der Waals surface area contributed by atoms with E-state index in [0.717, 1.165) is 43.9 Å². The van der Waals surface area contributed by atoms with Crippen molar-refractivity contribution in [2.75, 3.05) is 31.6 Å². The van der Waals surface area contributed by atoms with Gasteiger partial charge in [-0.2, -0.15) is 0 Å². The minimum absolute atomic E-state index is 0.129. The summed E-state index contributed by atoms with van der Waals surface area (Å²) in [6.07, 6.45) is 7.62. The van der Waals surface area contributed by atoms with Crippen LogP contribution in [-0.2, 0) is 5.41 Å². The highest BCUT2D eigenvalue weighted by atomic mass is 16.2. The summed E-state index contributed by atoms with van der Waals surface area (Å²) < 4.78 is 0. The van der Waals surface area contributed by atoms with Crippen molar-refractivity contribution in [3.63, 3.8) is 0 Å². The molecule has 26 heavy (non-hydrogen) atoms. The molecular formula is C22H27N3O. The molecule has 2 aromatic rings. The summed E-state index contributed by atoms with van der Waals surface area (Å²) in [5.74, 6) is 0.939. The number of likely N-dealkylation sites (tertiary alicyclic amines) is 1. The summed E-state index contributed by atoms with van der Waals surface area (Å²) in [5.41, 5.74) is 2.34. The Morgan fingerprint density at radius 1 is 1.08 bits per heavy atom. The number of rotatable bonds is 5. The Morgan fingerprint density at radius 3 is 2.50 bits per heavy atom. The van der Waals surface area contributed by atoms with Crippen molar-refractivity contribution in [2.45, 2.75) is 37.5 Å². The van der Waals surface area contributed by atoms with Crippen molar-refractivity contribution in [1.82, 2.24) is 9.88 Å². The number of aromatic nitrogens is 1. The molecule has 136 valence electrons. The quantitative estimate of drug-likeness (QED) is 0.822. The number of hydrogen-bond donors (Lipinski definition) is 0. The summed E-state index contributed by atoms with van der Waals surface area (Å²) in [6.45, 7) is 2.63. The number of likely N-dealkylation sites (N-methyl/N-ethyl adjacent to an activating group) is 1. The Morgan fingerprint density at radius 2 is 1.81 bits per heavy atom. The van der Waals surface area contributed by atoms with Crippen LogP contribution in [0, 0.1) is 0 Å². The maximum atomic E-state index is 13.0. The molecule has 0 radical (unpaired) electrons. The van der Waals surface area contributed by atoms with Crippen LogP contribution in [0.4, 0.5) is 5.82 Å². The van der Waals surface area contributed by atoms with E-state index in [2.05, 4.69) is 47.3 Å². The normalized spacial score (nSPS) is 18.4. The predicted octanol–water partition coefficient (Wildman–Crippen LogP) is 3.88. The molecule has 2 fully saturated rings. The number of anilines is 1. The van der Waals surface area contributed by atoms with Gasteiger partial charge in [0.05, 0.1) is 5.56 Å². The number of hydrogen-bond acceptors (Lipinski definition) is 3. The van der Waals surface area contributed by atoms with E-state index in [4.69, 9.17) is 0 Å². The number of piperidine rings is 1. The van der Waals surface area contributed by atoms with Crippen molar-refractivity contribution in [2.24, 2.45) is 0 Å². The third kappa shape index (κ3) is 3.33. The van der Waals surface area contributed by atoms with E-state index in [-0.39, 0.29) is 11.3 Å². The Kier molecular flexibility index (Phi) is 4.66. The first kappa shape index (κ1) is 17.1. The predicted molar refractivity (Wildman–Crippen MR) is 105 cm³/mol. The number of benzene rings is 1. The van der Waals surface area contributed by atoms with Crippen LogP contribution in [0.5, 0.6) is 0 Å². The number of nitrogens with zero attached hydrogens (tertiary/aromatic N) is 3. The standard InChI is InChI=1S/C22H27N3O/c1-24(17-22(12-13-22)18-9-4-2-5-10-18)20-19(11-8-14-23-20)21(26)25-15-6-3-7-16-25/h2,4-5,8-11,14H,3,6-7,12-13,15-17H2,1H3. The third-order valence-electron chi connectivity index (χ3n) is 5.80. The van der Waals surface area contributed by atoms with Crippen molar-refractivity contribution in [3.05, 3.63) is 59.8 Å². The monoisotopic (exact) mass is 349 g/mol. The van der Waals surface area contributed by atoms with Crippen molar-refractivity contribution in [3.8, 4) is 0 Å². The largest absolute Gasteiger partial charge is 0.358 e. The van der Waals surface area contributed by atoms with Gasteiger partial charge >= 0.3 is 0 Å². The molecule has 2 aliphatic rings. The molecule has 1 saturated carbocycles. The first-order chi connectivity index (χ1) is 12.7. The van der Waals surface area contributed by atoms with Gasteiger partial charge in [-0.25, -0.2) is 4.98 Å². The van der Waals surface area contributed by atoms with Crippen LogP contribution < -0.4 is 4.90 Å². The molecule has 0 bridgehead atoms. The van der Waals surface area contributed by atoms with Crippen molar-refractivity contribution >= 4 is 11.7 Å². The number of amides is 1. The van der Waals surface area contributed by atoms with Gasteiger partial charge in [-0.3, -0.25) is 4.79 Å². The average Bonchev–Trinajstić information content (AvgIpc) is 3.49. The van der Waals surface area contributed by atoms with E-state index >= 15 is 0 Å². The minimum Gasteiger partial charge on any atom is -0.358 e. The van der Waals surface area contributed by atoms with Crippen molar-refractivity contribution < 1.29 is 4.79 Å². The second-order valence-corrected chi connectivity index (χ2v) is 7.73. The van der Waals surface area contributed by atoms with E-state index in [9.17, 15) is 4.79 Å². The minimum atomic E-state index is 0.129. The lowest BCUT2D eigenvalue weighted by Gasteiger charge is -2.30. The van der Waals surface area contributed by atoms with Gasteiger partial charge in [0.15, 0.2) is 0 Å². The summed E-state index contributed by atoms with van der Waals surface area (Å²) in [5, 5.41) is 0. The number of pyridine rings is 1. The van der Waals surface area contributed by atoms with Gasteiger partial charge < -0.3 is 9.80 Å². The van der Waals surface area contributed by atoms with Gasteiger partial charge in [0.1, 0.15) is 5.82 Å². The Bertz CT molecular complexity index is 764. The highest BCUT2D eigenvalue weighted by Gasteiger charge is 2.45. The summed E-state index contributed by atoms with van der Waals surface area (Å²) >= 11 is 0. The zero-order valence-electron chi connectivity index (χ0n) is 15.5. The second kappa shape index (κ2) is 7.10. The fraction of sp³-hybridized carbons (Fsp3) is 0.455. The summed E-state index contributed by atoms with van der Waals surface area (Å²) in [6, 6.07) is 14.5. The fourth-order valence-corrected chi connectivity index (χ4v) is 4.14. The van der Waals surface area contributed by atoms with Crippen LogP contribution >= 0.6 is 0 Å². The fourth-order valence-electron chi connectivity index (χ4n) is 4.14. The Hall–Kier alpha value is -2.36. The zero-order valence-corrected chi connectivity index (χ0v) is 15.5. The molecule has 2 heterocycles. The topological polar surface area (TPSA) is 36.4 Å². The molecule has 0 unspecified atom stereocenters. The molecule has 4 heteroatoms. The molecule has 1 aliphatic heterocycles. The van der Waals surface area contributed by atoms with Crippen LogP contribution in [0.25, 0.3) is 0 Å². The van der Waals surface area contributed by atoms with E-state index in [1.54, 1.807) is 6.20 Å². The van der Waals surface area contributed by atoms with Gasteiger partial charge in [-0.1, -0.05) is 30.3 Å². The summed E-state index contributed by atoms with van der Waals surface area (Å²) in [7, 11) is 2.07. The molecule has 4 nitrogen and oxygen atoms in total. The molecule has 1 amide bonds. The Labute approximate surface area is 155 Å². The maximum Gasteiger partial charge on any atom is 0.257 e. The van der Waals surface area contributed by atoms with E-state index in [1.165, 1.54) is 24.8 Å². The molecule has 1 aliphatic carbocycles. The van der Waals surface area contributed by atoms with E-state index < -0.39 is 0 Å². The zero-order chi connectivity index (χ0) is 18.0. The molecule has 4 rings (SSSR count). The molecule has 1 saturated heterocycles. The van der Waals surface area contributed by atoms with Crippen LogP contribution in [0.2, 0.25) is 0 Å². The number of carbonyl (C=O) groups excluding carboxylic acids is 1. The van der Waals surface area contributed by atoms with Crippen molar-refractivity contribution in [1.29, 1.82) is 0 Å². The molecule has 0 N–H and O–H groups in total. The first-order valence-electron chi connectivity index (χ1n) is 9.71. The third-order valence-corrected chi connectivity index (χ3v) is 5.80. The van der Waals surface area contributed by atoms with Gasteiger partial charge in [-0.05, 0) is 49.8 Å². The van der Waals surface area contributed by atoms with Gasteiger partial charge in [0.2, 0.25) is 0 Å². The van der Waals surface area contributed by atoms with Crippen LogP contribution in [0.1, 0.15) is 48.0 Å². The maximum absolute atomic E-state index is 13.0. The van der Waals surface area contributed by atoms with Gasteiger partial charge in [-0.15, -0.1) is 0 Å². The van der Waals surface area contributed by atoms with Crippen LogP contribution in [-0.4, -0.2) is 42.5 Å². The van der Waals surface area contributed by atoms with E-state index in [1.807, 2.05) is 17.0 Å². The lowest BCUT2D eigenvalue weighted by molar-refractivity contribution is 0.0724. The molecule has 0 atom stereocenters. The number of carbonyl (C=O) groups is 1. The van der Waals surface area contributed by atoms with E-state index in [0.29, 0.717) is 0 Å². The van der Waals surface area contributed by atoms with Gasteiger partial charge in [0.25, 0.3) is 5.91 Å². The van der Waals surface area contributed by atoms with Gasteiger partial charge in [0, 0.05) is 38.3 Å². The Balaban J connectivity index is 1.55. The highest BCUT2D eigenvalue weighted by Crippen LogP contribution is 2.49. The molecule has 1 aromatic heterocycles. The average molecular weight is 349 g/mol. The second-order valence-electron chi connectivity index (χ2n) is 7.73. The van der Waals surface area contributed by atoms with Crippen LogP contribution in [0.3, 0.4) is 0 Å². The first-order valence-corrected chi connectivity index (χ1v) is 9.71. The highest BCUT2D eigenvalue weighted by molar-refractivity contribution is 5.99. The lowest BCUT2D eigenvalue weighted by Crippen LogP contribution is -2.37. The lowest BCUT2D eigenvalue weighted by atomic mass is 9.95. The summed E-state index contributed by atoms with van der Waals surface area (Å²) in [4.78, 5) is 21.8. The van der Waals surface area contributed by atoms with Crippen LogP contribution in [0.15, 0.2) is 48.7 Å². The molecule has 1 aromatic carbocycles. The smallest absolute Gasteiger partial charge is 0.257 e. The molecular weight excluding hydrogens is 322 g/mol. The molecule has 0 spiro atoms.